The third-order valence-electron chi connectivity index (χ3n) is 6.68. The van der Waals surface area contributed by atoms with E-state index < -0.39 is 11.7 Å². The number of anilines is 2. The molecule has 0 unspecified atom stereocenters. The lowest BCUT2D eigenvalue weighted by molar-refractivity contribution is -0.138. The van der Waals surface area contributed by atoms with E-state index in [4.69, 9.17) is 4.74 Å². The van der Waals surface area contributed by atoms with Crippen LogP contribution in [-0.4, -0.2) is 66.6 Å². The van der Waals surface area contributed by atoms with Crippen molar-refractivity contribution in [3.05, 3.63) is 71.9 Å². The maximum atomic E-state index is 13.8. The third kappa shape index (κ3) is 8.18. The van der Waals surface area contributed by atoms with Gasteiger partial charge in [-0.3, -0.25) is 9.69 Å². The van der Waals surface area contributed by atoms with Crippen LogP contribution in [0.15, 0.2) is 60.8 Å². The molecule has 39 heavy (non-hydrogen) atoms. The highest BCUT2D eigenvalue weighted by atomic mass is 19.4. The second kappa shape index (κ2) is 12.9. The molecule has 2 aromatic carbocycles. The van der Waals surface area contributed by atoms with Crippen LogP contribution in [0.5, 0.6) is 5.75 Å². The first-order valence-corrected chi connectivity index (χ1v) is 13.1. The van der Waals surface area contributed by atoms with Crippen LogP contribution in [-0.2, 0) is 17.5 Å². The molecule has 0 saturated carbocycles. The molecule has 7 nitrogen and oxygen atoms in total. The number of pyridine rings is 1. The van der Waals surface area contributed by atoms with Gasteiger partial charge in [-0.05, 0) is 54.1 Å². The van der Waals surface area contributed by atoms with Gasteiger partial charge < -0.3 is 20.3 Å². The number of hydrogen-bond acceptors (Lipinski definition) is 6. The lowest BCUT2D eigenvalue weighted by Crippen LogP contribution is -2.45. The van der Waals surface area contributed by atoms with Crippen LogP contribution in [0, 0.1) is 0 Å². The number of nitrogens with one attached hydrogen (secondary N) is 2. The molecule has 0 aliphatic carbocycles. The maximum Gasteiger partial charge on any atom is 0.416 e. The van der Waals surface area contributed by atoms with Crippen LogP contribution in [0.3, 0.4) is 0 Å². The molecular weight excluding hydrogens is 507 g/mol. The SMILES string of the molecule is CCN1CCN(Cc2ccc(NCCOc3ccc(-c4ccc(NC(C)=O)nc4)cc3)cc2C(F)(F)F)CC1. The van der Waals surface area contributed by atoms with Crippen molar-refractivity contribution < 1.29 is 22.7 Å². The number of aromatic nitrogens is 1. The quantitative estimate of drug-likeness (QED) is 0.337. The van der Waals surface area contributed by atoms with E-state index in [1.54, 1.807) is 24.4 Å². The minimum absolute atomic E-state index is 0.180. The molecule has 2 N–H and O–H groups in total. The third-order valence-corrected chi connectivity index (χ3v) is 6.68. The minimum Gasteiger partial charge on any atom is -0.492 e. The van der Waals surface area contributed by atoms with E-state index in [0.29, 0.717) is 35.9 Å². The number of rotatable bonds is 10. The Morgan fingerprint density at radius 1 is 0.974 bits per heavy atom. The van der Waals surface area contributed by atoms with Crippen molar-refractivity contribution in [1.82, 2.24) is 14.8 Å². The summed E-state index contributed by atoms with van der Waals surface area (Å²) in [6.07, 6.45) is -2.74. The number of hydrogen-bond donors (Lipinski definition) is 2. The van der Waals surface area contributed by atoms with Gasteiger partial charge >= 0.3 is 6.18 Å². The lowest BCUT2D eigenvalue weighted by Gasteiger charge is -2.34. The van der Waals surface area contributed by atoms with Gasteiger partial charge in [-0.25, -0.2) is 4.98 Å². The van der Waals surface area contributed by atoms with E-state index in [-0.39, 0.29) is 12.5 Å². The molecule has 1 aliphatic rings. The second-order valence-electron chi connectivity index (χ2n) is 9.49. The smallest absolute Gasteiger partial charge is 0.416 e. The van der Waals surface area contributed by atoms with Gasteiger partial charge in [-0.2, -0.15) is 13.2 Å². The molecular formula is C29H34F3N5O2. The standard InChI is InChI=1S/C29H34F3N5O2/c1-3-36-13-15-37(16-14-36)20-24-4-8-25(18-27(24)29(30,31)32)33-12-17-39-26-9-5-22(6-10-26)23-7-11-28(34-19-23)35-21(2)38/h4-11,18-19,33H,3,12-17,20H2,1-2H3,(H,34,35,38). The zero-order valence-electron chi connectivity index (χ0n) is 22.2. The Kier molecular flexibility index (Phi) is 9.42. The van der Waals surface area contributed by atoms with Crippen molar-refractivity contribution in [2.24, 2.45) is 0 Å². The van der Waals surface area contributed by atoms with Crippen LogP contribution < -0.4 is 15.4 Å². The van der Waals surface area contributed by atoms with Gasteiger partial charge in [0.25, 0.3) is 0 Å². The molecule has 0 bridgehead atoms. The minimum atomic E-state index is -4.42. The largest absolute Gasteiger partial charge is 0.492 e. The highest BCUT2D eigenvalue weighted by Gasteiger charge is 2.34. The van der Waals surface area contributed by atoms with Gasteiger partial charge in [-0.15, -0.1) is 0 Å². The molecule has 3 aromatic rings. The number of carbonyl (C=O) groups excluding carboxylic acids is 1. The van der Waals surface area contributed by atoms with Crippen molar-refractivity contribution in [3.8, 4) is 16.9 Å². The van der Waals surface area contributed by atoms with Crippen LogP contribution in [0.4, 0.5) is 24.7 Å². The first-order chi connectivity index (χ1) is 18.7. The Bertz CT molecular complexity index is 1230. The van der Waals surface area contributed by atoms with E-state index in [1.807, 2.05) is 30.3 Å². The number of ether oxygens (including phenoxy) is 1. The first-order valence-electron chi connectivity index (χ1n) is 13.1. The summed E-state index contributed by atoms with van der Waals surface area (Å²) in [5.74, 6) is 0.958. The summed E-state index contributed by atoms with van der Waals surface area (Å²) in [5, 5.41) is 5.67. The fraction of sp³-hybridized carbons (Fsp3) is 0.379. The van der Waals surface area contributed by atoms with Gasteiger partial charge in [0, 0.05) is 63.6 Å². The molecule has 0 atom stereocenters. The summed E-state index contributed by atoms with van der Waals surface area (Å²) < 4.78 is 47.3. The molecule has 1 amide bonds. The van der Waals surface area contributed by atoms with Crippen LogP contribution in [0.25, 0.3) is 11.1 Å². The van der Waals surface area contributed by atoms with Gasteiger partial charge in [0.2, 0.25) is 5.91 Å². The molecule has 1 fully saturated rings. The van der Waals surface area contributed by atoms with E-state index >= 15 is 0 Å². The van der Waals surface area contributed by atoms with Crippen molar-refractivity contribution in [2.75, 3.05) is 56.5 Å². The average Bonchev–Trinajstić information content (AvgIpc) is 2.92. The van der Waals surface area contributed by atoms with E-state index in [2.05, 4.69) is 32.3 Å². The number of likely N-dealkylation sites (N-methyl/N-ethyl adjacent to an activating group) is 1. The van der Waals surface area contributed by atoms with Gasteiger partial charge in [0.1, 0.15) is 18.2 Å². The fourth-order valence-electron chi connectivity index (χ4n) is 4.52. The lowest BCUT2D eigenvalue weighted by atomic mass is 10.0. The fourth-order valence-corrected chi connectivity index (χ4v) is 4.52. The van der Waals surface area contributed by atoms with E-state index in [0.717, 1.165) is 43.9 Å². The number of halogens is 3. The highest BCUT2D eigenvalue weighted by molar-refractivity contribution is 5.87. The Balaban J connectivity index is 1.28. The number of piperazine rings is 1. The van der Waals surface area contributed by atoms with Crippen LogP contribution in [0.1, 0.15) is 25.0 Å². The zero-order valence-corrected chi connectivity index (χ0v) is 22.2. The molecule has 0 spiro atoms. The summed E-state index contributed by atoms with van der Waals surface area (Å²) >= 11 is 0. The topological polar surface area (TPSA) is 69.7 Å². The number of amides is 1. The normalized spacial score (nSPS) is 14.7. The van der Waals surface area contributed by atoms with Crippen LogP contribution >= 0.6 is 0 Å². The number of alkyl halides is 3. The summed E-state index contributed by atoms with van der Waals surface area (Å²) in [5.41, 5.74) is 1.95. The van der Waals surface area contributed by atoms with E-state index in [1.165, 1.54) is 13.0 Å². The number of nitrogens with zero attached hydrogens (tertiary/aromatic N) is 3. The molecule has 208 valence electrons. The Morgan fingerprint density at radius 3 is 2.28 bits per heavy atom. The predicted molar refractivity (Wildman–Crippen MR) is 147 cm³/mol. The summed E-state index contributed by atoms with van der Waals surface area (Å²) in [7, 11) is 0. The molecule has 0 radical (unpaired) electrons. The predicted octanol–water partition coefficient (Wildman–Crippen LogP) is 5.35. The summed E-state index contributed by atoms with van der Waals surface area (Å²) in [4.78, 5) is 19.7. The summed E-state index contributed by atoms with van der Waals surface area (Å²) in [6.45, 7) is 8.72. The monoisotopic (exact) mass is 541 g/mol. The molecule has 1 saturated heterocycles. The average molecular weight is 542 g/mol. The number of benzene rings is 2. The second-order valence-corrected chi connectivity index (χ2v) is 9.49. The Morgan fingerprint density at radius 2 is 1.67 bits per heavy atom. The van der Waals surface area contributed by atoms with Crippen molar-refractivity contribution in [2.45, 2.75) is 26.6 Å². The van der Waals surface area contributed by atoms with Crippen molar-refractivity contribution >= 4 is 17.4 Å². The van der Waals surface area contributed by atoms with Crippen molar-refractivity contribution in [3.63, 3.8) is 0 Å². The molecule has 4 rings (SSSR count). The molecule has 1 aliphatic heterocycles. The van der Waals surface area contributed by atoms with Gasteiger partial charge in [-0.1, -0.05) is 25.1 Å². The Labute approximate surface area is 227 Å². The molecule has 2 heterocycles. The highest BCUT2D eigenvalue weighted by Crippen LogP contribution is 2.34. The Hall–Kier alpha value is -3.63. The van der Waals surface area contributed by atoms with Gasteiger partial charge in [0.05, 0.1) is 5.56 Å². The maximum absolute atomic E-state index is 13.8. The van der Waals surface area contributed by atoms with E-state index in [9.17, 15) is 18.0 Å². The molecule has 1 aromatic heterocycles. The van der Waals surface area contributed by atoms with Crippen molar-refractivity contribution in [1.29, 1.82) is 0 Å². The number of carbonyl (C=O) groups is 1. The zero-order chi connectivity index (χ0) is 27.8. The summed E-state index contributed by atoms with van der Waals surface area (Å²) in [6, 6.07) is 15.5. The molecule has 10 heteroatoms. The van der Waals surface area contributed by atoms with Crippen LogP contribution in [0.2, 0.25) is 0 Å². The van der Waals surface area contributed by atoms with Gasteiger partial charge in [0.15, 0.2) is 0 Å². The first kappa shape index (κ1) is 28.4.